The normalized spacial score (nSPS) is 14.1. The molecule has 0 aliphatic heterocycles. The van der Waals surface area contributed by atoms with Crippen LogP contribution < -0.4 is 5.56 Å². The third-order valence-electron chi connectivity index (χ3n) is 3.55. The third kappa shape index (κ3) is 3.00. The van der Waals surface area contributed by atoms with Crippen molar-refractivity contribution in [3.05, 3.63) is 58.0 Å². The Balaban J connectivity index is 1.89. The Morgan fingerprint density at radius 1 is 1.29 bits per heavy atom. The van der Waals surface area contributed by atoms with E-state index in [-0.39, 0.29) is 17.4 Å². The van der Waals surface area contributed by atoms with Crippen LogP contribution in [0.1, 0.15) is 17.2 Å². The average molecular weight is 302 g/mol. The van der Waals surface area contributed by atoms with Gasteiger partial charge in [0, 0.05) is 18.3 Å². The number of thioether (sulfide) groups is 1. The van der Waals surface area contributed by atoms with Gasteiger partial charge in [-0.2, -0.15) is 4.98 Å². The van der Waals surface area contributed by atoms with Gasteiger partial charge in [-0.3, -0.25) is 9.59 Å². The second kappa shape index (κ2) is 5.73. The number of hydrogen-bond donors (Lipinski definition) is 1. The molecule has 6 heteroatoms. The molecule has 1 N–H and O–H groups in total. The van der Waals surface area contributed by atoms with Crippen molar-refractivity contribution in [3.63, 3.8) is 0 Å². The van der Waals surface area contributed by atoms with Crippen LogP contribution in [-0.4, -0.2) is 26.4 Å². The zero-order valence-electron chi connectivity index (χ0n) is 11.2. The molecule has 0 amide bonds. The van der Waals surface area contributed by atoms with Gasteiger partial charge in [-0.05, 0) is 24.0 Å². The zero-order chi connectivity index (χ0) is 14.8. The molecule has 0 unspecified atom stereocenters. The number of aromatic nitrogens is 2. The van der Waals surface area contributed by atoms with Gasteiger partial charge in [-0.1, -0.05) is 36.0 Å². The van der Waals surface area contributed by atoms with Crippen molar-refractivity contribution in [2.24, 2.45) is 0 Å². The van der Waals surface area contributed by atoms with Crippen molar-refractivity contribution in [3.8, 4) is 0 Å². The van der Waals surface area contributed by atoms with Gasteiger partial charge in [0.15, 0.2) is 5.16 Å². The molecule has 5 nitrogen and oxygen atoms in total. The number of carboxylic acid groups (broad SMARTS) is 1. The SMILES string of the molecule is O=C(O)CSc1nc(=O)ccn1C1Cc2ccccc2C1. The van der Waals surface area contributed by atoms with Crippen LogP contribution in [0.5, 0.6) is 0 Å². The minimum atomic E-state index is -0.917. The number of hydrogen-bond acceptors (Lipinski definition) is 4. The lowest BCUT2D eigenvalue weighted by molar-refractivity contribution is -0.133. The predicted octanol–water partition coefficient (Wildman–Crippen LogP) is 1.76. The molecule has 1 aliphatic rings. The maximum absolute atomic E-state index is 11.4. The summed E-state index contributed by atoms with van der Waals surface area (Å²) in [5.41, 5.74) is 2.26. The second-order valence-corrected chi connectivity index (χ2v) is 5.91. The summed E-state index contributed by atoms with van der Waals surface area (Å²) in [5, 5.41) is 9.28. The van der Waals surface area contributed by atoms with Crippen molar-refractivity contribution >= 4 is 17.7 Å². The summed E-state index contributed by atoms with van der Waals surface area (Å²) < 4.78 is 1.93. The van der Waals surface area contributed by atoms with Gasteiger partial charge in [-0.15, -0.1) is 0 Å². The molecule has 1 aromatic heterocycles. The molecule has 2 aromatic rings. The quantitative estimate of drug-likeness (QED) is 0.688. The van der Waals surface area contributed by atoms with E-state index >= 15 is 0 Å². The Labute approximate surface area is 125 Å². The second-order valence-electron chi connectivity index (χ2n) is 4.97. The lowest BCUT2D eigenvalue weighted by atomic mass is 10.1. The number of rotatable bonds is 4. The molecular formula is C15H14N2O3S. The standard InChI is InChI=1S/C15H14N2O3S/c18-13-5-6-17(15(16-13)21-9-14(19)20)12-7-10-3-1-2-4-11(10)8-12/h1-6,12H,7-9H2,(H,19,20). The first-order valence-corrected chi connectivity index (χ1v) is 7.62. The zero-order valence-corrected chi connectivity index (χ0v) is 12.0. The smallest absolute Gasteiger partial charge is 0.313 e. The molecular weight excluding hydrogens is 288 g/mol. The highest BCUT2D eigenvalue weighted by molar-refractivity contribution is 7.99. The maximum Gasteiger partial charge on any atom is 0.313 e. The molecule has 0 radical (unpaired) electrons. The molecule has 0 bridgehead atoms. The number of benzene rings is 1. The maximum atomic E-state index is 11.4. The van der Waals surface area contributed by atoms with Gasteiger partial charge < -0.3 is 9.67 Å². The monoisotopic (exact) mass is 302 g/mol. The highest BCUT2D eigenvalue weighted by Gasteiger charge is 2.24. The van der Waals surface area contributed by atoms with E-state index in [9.17, 15) is 9.59 Å². The molecule has 0 saturated heterocycles. The van der Waals surface area contributed by atoms with Crippen LogP contribution in [0.25, 0.3) is 0 Å². The summed E-state index contributed by atoms with van der Waals surface area (Å²) >= 11 is 1.09. The lowest BCUT2D eigenvalue weighted by Crippen LogP contribution is -2.18. The Hall–Kier alpha value is -2.08. The van der Waals surface area contributed by atoms with Crippen molar-refractivity contribution in [2.45, 2.75) is 24.0 Å². The minimum Gasteiger partial charge on any atom is -0.481 e. The van der Waals surface area contributed by atoms with Crippen molar-refractivity contribution in [2.75, 3.05) is 5.75 Å². The first-order chi connectivity index (χ1) is 10.1. The van der Waals surface area contributed by atoms with Gasteiger partial charge in [0.1, 0.15) is 0 Å². The molecule has 1 aromatic carbocycles. The van der Waals surface area contributed by atoms with Crippen molar-refractivity contribution in [1.29, 1.82) is 0 Å². The van der Waals surface area contributed by atoms with E-state index in [1.54, 1.807) is 6.20 Å². The van der Waals surface area contributed by atoms with E-state index in [1.165, 1.54) is 17.2 Å². The van der Waals surface area contributed by atoms with E-state index in [0.717, 1.165) is 24.6 Å². The first kappa shape index (κ1) is 13.9. The minimum absolute atomic E-state index is 0.101. The van der Waals surface area contributed by atoms with Crippen LogP contribution in [0.4, 0.5) is 0 Å². The van der Waals surface area contributed by atoms with E-state index in [2.05, 4.69) is 17.1 Å². The average Bonchev–Trinajstić information content (AvgIpc) is 2.88. The number of nitrogens with zero attached hydrogens (tertiary/aromatic N) is 2. The van der Waals surface area contributed by atoms with Crippen LogP contribution >= 0.6 is 11.8 Å². The number of fused-ring (bicyclic) bond motifs is 1. The van der Waals surface area contributed by atoms with Gasteiger partial charge in [0.2, 0.25) is 0 Å². The topological polar surface area (TPSA) is 72.2 Å². The van der Waals surface area contributed by atoms with Crippen LogP contribution in [0.3, 0.4) is 0 Å². The van der Waals surface area contributed by atoms with Crippen LogP contribution in [0, 0.1) is 0 Å². The Kier molecular flexibility index (Phi) is 3.79. The largest absolute Gasteiger partial charge is 0.481 e. The van der Waals surface area contributed by atoms with Crippen molar-refractivity contribution < 1.29 is 9.90 Å². The summed E-state index contributed by atoms with van der Waals surface area (Å²) in [5.74, 6) is -1.02. The van der Waals surface area contributed by atoms with Gasteiger partial charge >= 0.3 is 5.97 Å². The molecule has 0 saturated carbocycles. The lowest BCUT2D eigenvalue weighted by Gasteiger charge is -2.17. The number of carbonyl (C=O) groups is 1. The fraction of sp³-hybridized carbons (Fsp3) is 0.267. The highest BCUT2D eigenvalue weighted by atomic mass is 32.2. The van der Waals surface area contributed by atoms with Gasteiger partial charge in [0.25, 0.3) is 5.56 Å². The van der Waals surface area contributed by atoms with E-state index in [1.807, 2.05) is 16.7 Å². The Bertz CT molecular complexity index is 717. The molecule has 0 atom stereocenters. The molecule has 0 spiro atoms. The number of carboxylic acids is 1. The van der Waals surface area contributed by atoms with Crippen LogP contribution in [0.2, 0.25) is 0 Å². The van der Waals surface area contributed by atoms with E-state index < -0.39 is 5.97 Å². The first-order valence-electron chi connectivity index (χ1n) is 6.64. The van der Waals surface area contributed by atoms with Gasteiger partial charge in [0.05, 0.1) is 5.75 Å². The molecule has 0 fully saturated rings. The molecule has 1 aliphatic carbocycles. The Morgan fingerprint density at radius 2 is 1.95 bits per heavy atom. The molecule has 108 valence electrons. The summed E-state index contributed by atoms with van der Waals surface area (Å²) in [6.45, 7) is 0. The predicted molar refractivity (Wildman–Crippen MR) is 79.7 cm³/mol. The molecule has 21 heavy (non-hydrogen) atoms. The summed E-state index contributed by atoms with van der Waals surface area (Å²) in [6, 6.07) is 9.86. The fourth-order valence-electron chi connectivity index (χ4n) is 2.64. The summed E-state index contributed by atoms with van der Waals surface area (Å²) in [6.07, 6.45) is 3.47. The number of aliphatic carboxylic acids is 1. The summed E-state index contributed by atoms with van der Waals surface area (Å²) in [7, 11) is 0. The fourth-order valence-corrected chi connectivity index (χ4v) is 3.41. The third-order valence-corrected chi connectivity index (χ3v) is 4.50. The van der Waals surface area contributed by atoms with Crippen molar-refractivity contribution in [1.82, 2.24) is 9.55 Å². The highest BCUT2D eigenvalue weighted by Crippen LogP contribution is 2.32. The Morgan fingerprint density at radius 3 is 2.57 bits per heavy atom. The van der Waals surface area contributed by atoms with Gasteiger partial charge in [-0.25, -0.2) is 0 Å². The van der Waals surface area contributed by atoms with Crippen LogP contribution in [-0.2, 0) is 17.6 Å². The molecule has 3 rings (SSSR count). The van der Waals surface area contributed by atoms with E-state index in [0.29, 0.717) is 5.16 Å². The van der Waals surface area contributed by atoms with E-state index in [4.69, 9.17) is 5.11 Å². The molecule has 1 heterocycles. The van der Waals surface area contributed by atoms with Crippen LogP contribution in [0.15, 0.2) is 46.5 Å². The summed E-state index contributed by atoms with van der Waals surface area (Å²) in [4.78, 5) is 26.1.